The van der Waals surface area contributed by atoms with Gasteiger partial charge in [0.1, 0.15) is 0 Å². The van der Waals surface area contributed by atoms with Gasteiger partial charge in [-0.05, 0) is 84.8 Å². The van der Waals surface area contributed by atoms with Gasteiger partial charge in [-0.3, -0.25) is 0 Å². The van der Waals surface area contributed by atoms with Gasteiger partial charge in [0.15, 0.2) is 0 Å². The molecule has 0 saturated heterocycles. The lowest BCUT2D eigenvalue weighted by Crippen LogP contribution is -1.91. The molecule has 0 radical (unpaired) electrons. The summed E-state index contributed by atoms with van der Waals surface area (Å²) < 4.78 is 0. The van der Waals surface area contributed by atoms with Crippen molar-refractivity contribution in [3.63, 3.8) is 0 Å². The number of hydrogen-bond acceptors (Lipinski definition) is 0. The summed E-state index contributed by atoms with van der Waals surface area (Å²) in [5, 5.41) is 7.68. The van der Waals surface area contributed by atoms with E-state index in [0.717, 1.165) is 0 Å². The van der Waals surface area contributed by atoms with E-state index in [0.29, 0.717) is 0 Å². The lowest BCUT2D eigenvalue weighted by atomic mass is 9.85. The van der Waals surface area contributed by atoms with Crippen molar-refractivity contribution in [1.29, 1.82) is 0 Å². The predicted octanol–water partition coefficient (Wildman–Crippen LogP) is 10.5. The summed E-state index contributed by atoms with van der Waals surface area (Å²) in [5.41, 5.74) is 8.91. The largest absolute Gasteiger partial charge is 0.0622 e. The van der Waals surface area contributed by atoms with Gasteiger partial charge in [-0.25, -0.2) is 0 Å². The fraction of sp³-hybridized carbons (Fsp3) is 0.0270. The second kappa shape index (κ2) is 8.76. The SMILES string of the molecule is Cc1cccc(-c2c3ccccc3c(-c3ccc4cc(-c5ccccc5)ccc4c3)c3ccccc23)c1. The van der Waals surface area contributed by atoms with E-state index in [4.69, 9.17) is 0 Å². The van der Waals surface area contributed by atoms with Gasteiger partial charge in [0.2, 0.25) is 0 Å². The summed E-state index contributed by atoms with van der Waals surface area (Å²) in [5.74, 6) is 0. The molecule has 0 unspecified atom stereocenters. The van der Waals surface area contributed by atoms with E-state index < -0.39 is 0 Å². The summed E-state index contributed by atoms with van der Waals surface area (Å²) in [6.07, 6.45) is 0. The van der Waals surface area contributed by atoms with Crippen LogP contribution < -0.4 is 0 Å². The van der Waals surface area contributed by atoms with Crippen molar-refractivity contribution < 1.29 is 0 Å². The Bertz CT molecular complexity index is 1870. The van der Waals surface area contributed by atoms with Crippen molar-refractivity contribution in [3.05, 3.63) is 145 Å². The van der Waals surface area contributed by atoms with E-state index in [-0.39, 0.29) is 0 Å². The predicted molar refractivity (Wildman–Crippen MR) is 160 cm³/mol. The van der Waals surface area contributed by atoms with Crippen molar-refractivity contribution in [1.82, 2.24) is 0 Å². The molecule has 7 rings (SSSR count). The fourth-order valence-corrected chi connectivity index (χ4v) is 5.76. The molecule has 0 N–H and O–H groups in total. The third-order valence-electron chi connectivity index (χ3n) is 7.47. The maximum Gasteiger partial charge on any atom is -0.00262 e. The number of aryl methyl sites for hydroxylation is 1. The van der Waals surface area contributed by atoms with Crippen LogP contribution in [0.4, 0.5) is 0 Å². The lowest BCUT2D eigenvalue weighted by molar-refractivity contribution is 1.47. The van der Waals surface area contributed by atoms with Crippen LogP contribution in [0.5, 0.6) is 0 Å². The summed E-state index contributed by atoms with van der Waals surface area (Å²) in [7, 11) is 0. The Morgan fingerprint density at radius 1 is 0.324 bits per heavy atom. The third-order valence-corrected chi connectivity index (χ3v) is 7.47. The highest BCUT2D eigenvalue weighted by atomic mass is 14.2. The Hall–Kier alpha value is -4.68. The zero-order valence-corrected chi connectivity index (χ0v) is 20.8. The van der Waals surface area contributed by atoms with E-state index >= 15 is 0 Å². The summed E-state index contributed by atoms with van der Waals surface area (Å²) in [6, 6.07) is 50.9. The highest BCUT2D eigenvalue weighted by Crippen LogP contribution is 2.44. The van der Waals surface area contributed by atoms with E-state index in [1.807, 2.05) is 0 Å². The van der Waals surface area contributed by atoms with Gasteiger partial charge in [-0.2, -0.15) is 0 Å². The average molecular weight is 471 g/mol. The van der Waals surface area contributed by atoms with Crippen LogP contribution in [0.2, 0.25) is 0 Å². The molecule has 0 aromatic heterocycles. The molecule has 7 aromatic rings. The molecule has 0 heterocycles. The van der Waals surface area contributed by atoms with Crippen LogP contribution in [0.3, 0.4) is 0 Å². The van der Waals surface area contributed by atoms with Gasteiger partial charge in [-0.15, -0.1) is 0 Å². The quantitative estimate of drug-likeness (QED) is 0.225. The smallest absolute Gasteiger partial charge is 0.00262 e. The van der Waals surface area contributed by atoms with E-state index in [1.165, 1.54) is 71.3 Å². The minimum absolute atomic E-state index is 1.25. The van der Waals surface area contributed by atoms with Crippen LogP contribution in [0, 0.1) is 6.92 Å². The first-order valence-corrected chi connectivity index (χ1v) is 12.9. The maximum atomic E-state index is 2.35. The molecule has 0 aliphatic rings. The summed E-state index contributed by atoms with van der Waals surface area (Å²) in [6.45, 7) is 2.17. The van der Waals surface area contributed by atoms with E-state index in [1.54, 1.807) is 0 Å². The van der Waals surface area contributed by atoms with Crippen LogP contribution in [0.15, 0.2) is 140 Å². The number of hydrogen-bond donors (Lipinski definition) is 0. The molecule has 37 heavy (non-hydrogen) atoms. The number of rotatable bonds is 3. The Balaban J connectivity index is 1.49. The molecule has 0 heteroatoms. The third kappa shape index (κ3) is 3.70. The molecule has 0 nitrogen and oxygen atoms in total. The second-order valence-corrected chi connectivity index (χ2v) is 9.85. The molecule has 0 amide bonds. The molecule has 0 fully saturated rings. The van der Waals surface area contributed by atoms with Crippen molar-refractivity contribution in [3.8, 4) is 33.4 Å². The van der Waals surface area contributed by atoms with Crippen LogP contribution in [-0.2, 0) is 0 Å². The molecule has 0 spiro atoms. The molecule has 174 valence electrons. The van der Waals surface area contributed by atoms with Crippen LogP contribution in [0.25, 0.3) is 65.7 Å². The van der Waals surface area contributed by atoms with Gasteiger partial charge in [0.05, 0.1) is 0 Å². The normalized spacial score (nSPS) is 11.4. The van der Waals surface area contributed by atoms with Gasteiger partial charge in [0, 0.05) is 0 Å². The Kier molecular flexibility index (Phi) is 5.11. The van der Waals surface area contributed by atoms with Gasteiger partial charge >= 0.3 is 0 Å². The van der Waals surface area contributed by atoms with Gasteiger partial charge in [0.25, 0.3) is 0 Å². The van der Waals surface area contributed by atoms with Crippen LogP contribution in [-0.4, -0.2) is 0 Å². The first kappa shape index (κ1) is 21.6. The molecule has 0 atom stereocenters. The molecular weight excluding hydrogens is 444 g/mol. The Morgan fingerprint density at radius 2 is 0.784 bits per heavy atom. The van der Waals surface area contributed by atoms with Gasteiger partial charge in [-0.1, -0.05) is 133 Å². The van der Waals surface area contributed by atoms with Crippen LogP contribution >= 0.6 is 0 Å². The van der Waals surface area contributed by atoms with Crippen molar-refractivity contribution in [2.45, 2.75) is 6.92 Å². The second-order valence-electron chi connectivity index (χ2n) is 9.85. The zero-order valence-electron chi connectivity index (χ0n) is 20.8. The van der Waals surface area contributed by atoms with Crippen molar-refractivity contribution in [2.24, 2.45) is 0 Å². The molecule has 0 aliphatic carbocycles. The highest BCUT2D eigenvalue weighted by Gasteiger charge is 2.16. The molecule has 0 bridgehead atoms. The van der Waals surface area contributed by atoms with E-state index in [2.05, 4.69) is 146 Å². The molecule has 0 saturated carbocycles. The topological polar surface area (TPSA) is 0 Å². The lowest BCUT2D eigenvalue weighted by Gasteiger charge is -2.18. The van der Waals surface area contributed by atoms with E-state index in [9.17, 15) is 0 Å². The van der Waals surface area contributed by atoms with Crippen molar-refractivity contribution >= 4 is 32.3 Å². The van der Waals surface area contributed by atoms with Crippen molar-refractivity contribution in [2.75, 3.05) is 0 Å². The number of fused-ring (bicyclic) bond motifs is 3. The van der Waals surface area contributed by atoms with Crippen LogP contribution in [0.1, 0.15) is 5.56 Å². The minimum atomic E-state index is 1.25. The Morgan fingerprint density at radius 3 is 1.35 bits per heavy atom. The monoisotopic (exact) mass is 470 g/mol. The summed E-state index contributed by atoms with van der Waals surface area (Å²) in [4.78, 5) is 0. The maximum absolute atomic E-state index is 2.35. The average Bonchev–Trinajstić information content (AvgIpc) is 2.95. The fourth-order valence-electron chi connectivity index (χ4n) is 5.76. The molecule has 7 aromatic carbocycles. The van der Waals surface area contributed by atoms with Gasteiger partial charge < -0.3 is 0 Å². The highest BCUT2D eigenvalue weighted by molar-refractivity contribution is 6.21. The Labute approximate surface area is 217 Å². The zero-order chi connectivity index (χ0) is 24.8. The number of benzene rings is 7. The minimum Gasteiger partial charge on any atom is -0.0622 e. The summed E-state index contributed by atoms with van der Waals surface area (Å²) >= 11 is 0. The molecular formula is C37H26. The standard InChI is InChI=1S/C37H26/c1-25-10-9-13-30(22-25)36-32-14-5-7-16-34(32)37(35-17-8-6-15-33(35)36)31-21-20-28-23-27(18-19-29(28)24-31)26-11-3-2-4-12-26/h2-24H,1H3. The molecule has 0 aliphatic heterocycles. The first-order valence-electron chi connectivity index (χ1n) is 12.9. The first-order chi connectivity index (χ1) is 18.3.